The summed E-state index contributed by atoms with van der Waals surface area (Å²) in [5.74, 6) is 2.03. The van der Waals surface area contributed by atoms with Gasteiger partial charge in [-0.25, -0.2) is 4.79 Å². The van der Waals surface area contributed by atoms with Gasteiger partial charge in [0.25, 0.3) is 0 Å². The Balaban J connectivity index is 1.49. The van der Waals surface area contributed by atoms with Gasteiger partial charge in [0.1, 0.15) is 5.75 Å². The summed E-state index contributed by atoms with van der Waals surface area (Å²) in [5.41, 5.74) is 8.49. The Hall–Kier alpha value is -3.41. The number of hydrogen-bond donors (Lipinski definition) is 2. The fraction of sp³-hybridized carbons (Fsp3) is 0.533. The molecule has 5 heteroatoms. The molecule has 0 saturated heterocycles. The molecule has 0 radical (unpaired) electrons. The van der Waals surface area contributed by atoms with Crippen LogP contribution in [0.5, 0.6) is 5.75 Å². The second-order valence-corrected chi connectivity index (χ2v) is 14.7. The van der Waals surface area contributed by atoms with E-state index in [1.165, 1.54) is 79.2 Å². The summed E-state index contributed by atoms with van der Waals surface area (Å²) >= 11 is 0. The van der Waals surface area contributed by atoms with Crippen molar-refractivity contribution in [1.82, 2.24) is 0 Å². The number of carbonyl (C=O) groups excluding carboxylic acids is 1. The van der Waals surface area contributed by atoms with Crippen LogP contribution in [0.25, 0.3) is 22.3 Å². The van der Waals surface area contributed by atoms with Crippen molar-refractivity contribution in [2.75, 3.05) is 26.4 Å². The number of hydrogen-bond acceptors (Lipinski definition) is 5. The second kappa shape index (κ2) is 19.8. The van der Waals surface area contributed by atoms with Crippen LogP contribution >= 0.6 is 0 Å². The van der Waals surface area contributed by atoms with Crippen molar-refractivity contribution in [3.05, 3.63) is 89.5 Å². The molecule has 0 spiro atoms. The Morgan fingerprint density at radius 3 is 2.14 bits per heavy atom. The average Bonchev–Trinajstić information content (AvgIpc) is 3.15. The minimum atomic E-state index is -0.554. The summed E-state index contributed by atoms with van der Waals surface area (Å²) in [4.78, 5) is 11.9. The molecule has 1 aliphatic rings. The molecule has 1 fully saturated rings. The van der Waals surface area contributed by atoms with Crippen LogP contribution in [-0.2, 0) is 22.4 Å². The summed E-state index contributed by atoms with van der Waals surface area (Å²) < 4.78 is 11.6. The maximum absolute atomic E-state index is 11.9. The molecule has 5 nitrogen and oxygen atoms in total. The fourth-order valence-electron chi connectivity index (χ4n) is 7.38. The van der Waals surface area contributed by atoms with Gasteiger partial charge in [0.15, 0.2) is 0 Å². The minimum absolute atomic E-state index is 0.0800. The highest BCUT2D eigenvalue weighted by Gasteiger charge is 2.27. The van der Waals surface area contributed by atoms with Crippen molar-refractivity contribution < 1.29 is 24.5 Å². The molecule has 3 aromatic carbocycles. The molecular weight excluding hydrogens is 620 g/mol. The van der Waals surface area contributed by atoms with Crippen LogP contribution in [-0.4, -0.2) is 42.6 Å². The SMILES string of the molecule is C=C(C)C(=O)OCCCc1cc(-c2ccc(-c3ccc(C4CCC(CCCCC)CC4)cc3)cc2CC)ccc1OCCC(CC)(CO)CO. The largest absolute Gasteiger partial charge is 0.493 e. The summed E-state index contributed by atoms with van der Waals surface area (Å²) in [6.45, 7) is 12.3. The van der Waals surface area contributed by atoms with E-state index in [1.807, 2.05) is 13.0 Å². The molecule has 0 atom stereocenters. The highest BCUT2D eigenvalue weighted by atomic mass is 16.5. The zero-order valence-corrected chi connectivity index (χ0v) is 31.3. The van der Waals surface area contributed by atoms with E-state index in [0.717, 1.165) is 29.2 Å². The van der Waals surface area contributed by atoms with E-state index in [9.17, 15) is 15.0 Å². The number of esters is 1. The van der Waals surface area contributed by atoms with E-state index in [4.69, 9.17) is 9.47 Å². The van der Waals surface area contributed by atoms with Crippen LogP contribution in [0.2, 0.25) is 0 Å². The van der Waals surface area contributed by atoms with E-state index >= 15 is 0 Å². The lowest BCUT2D eigenvalue weighted by atomic mass is 9.77. The first-order chi connectivity index (χ1) is 24.3. The minimum Gasteiger partial charge on any atom is -0.493 e. The fourth-order valence-corrected chi connectivity index (χ4v) is 7.38. The highest BCUT2D eigenvalue weighted by molar-refractivity contribution is 5.86. The Labute approximate surface area is 302 Å². The van der Waals surface area contributed by atoms with Crippen molar-refractivity contribution in [2.45, 2.75) is 117 Å². The number of ether oxygens (including phenoxy) is 2. The first kappa shape index (κ1) is 39.4. The van der Waals surface area contributed by atoms with E-state index in [-0.39, 0.29) is 19.2 Å². The number of aliphatic hydroxyl groups is 2. The van der Waals surface area contributed by atoms with Crippen LogP contribution < -0.4 is 4.74 Å². The zero-order chi connectivity index (χ0) is 35.9. The maximum atomic E-state index is 11.9. The van der Waals surface area contributed by atoms with Gasteiger partial charge in [0, 0.05) is 11.0 Å². The third kappa shape index (κ3) is 10.8. The van der Waals surface area contributed by atoms with E-state index in [0.29, 0.717) is 50.4 Å². The first-order valence-corrected chi connectivity index (χ1v) is 19.3. The molecule has 0 heterocycles. The molecule has 0 aliphatic heterocycles. The van der Waals surface area contributed by atoms with Gasteiger partial charge in [-0.15, -0.1) is 0 Å². The molecule has 50 heavy (non-hydrogen) atoms. The lowest BCUT2D eigenvalue weighted by molar-refractivity contribution is -0.139. The van der Waals surface area contributed by atoms with Crippen LogP contribution in [0.4, 0.5) is 0 Å². The van der Waals surface area contributed by atoms with Crippen LogP contribution in [0.3, 0.4) is 0 Å². The van der Waals surface area contributed by atoms with Crippen molar-refractivity contribution >= 4 is 5.97 Å². The molecule has 4 rings (SSSR count). The Bertz CT molecular complexity index is 1490. The predicted molar refractivity (Wildman–Crippen MR) is 207 cm³/mol. The average molecular weight is 683 g/mol. The van der Waals surface area contributed by atoms with Crippen LogP contribution in [0.15, 0.2) is 72.8 Å². The lowest BCUT2D eigenvalue weighted by Gasteiger charge is -2.29. The standard InChI is InChI=1S/C45H62O5/c1-6-9-10-12-34-14-16-36(17-15-34)37-18-20-38(21-19-37)39-22-24-42(35(7-2)29-39)40-23-25-43(49-28-26-45(8-3,31-46)32-47)41(30-40)13-11-27-50-44(48)33(4)5/h18-25,29-30,34,36,46-47H,4,6-17,26-28,31-32H2,1-3,5H3. The third-order valence-corrected chi connectivity index (χ3v) is 11.1. The van der Waals surface area contributed by atoms with Crippen LogP contribution in [0, 0.1) is 11.3 Å². The molecular formula is C45H62O5. The number of aryl methyl sites for hydroxylation is 2. The molecule has 0 amide bonds. The smallest absolute Gasteiger partial charge is 0.333 e. The van der Waals surface area contributed by atoms with Crippen molar-refractivity contribution in [3.63, 3.8) is 0 Å². The second-order valence-electron chi connectivity index (χ2n) is 14.7. The van der Waals surface area contributed by atoms with Gasteiger partial charge in [0.05, 0.1) is 26.4 Å². The summed E-state index contributed by atoms with van der Waals surface area (Å²) in [6, 6.07) is 22.5. The predicted octanol–water partition coefficient (Wildman–Crippen LogP) is 10.6. The van der Waals surface area contributed by atoms with Crippen molar-refractivity contribution in [1.29, 1.82) is 0 Å². The Morgan fingerprint density at radius 2 is 1.50 bits per heavy atom. The molecule has 0 aromatic heterocycles. The van der Waals surface area contributed by atoms with Gasteiger partial charge < -0.3 is 19.7 Å². The monoisotopic (exact) mass is 682 g/mol. The third-order valence-electron chi connectivity index (χ3n) is 11.1. The molecule has 1 aliphatic carbocycles. The normalized spacial score (nSPS) is 16.3. The molecule has 3 aromatic rings. The van der Waals surface area contributed by atoms with E-state index in [1.54, 1.807) is 6.92 Å². The maximum Gasteiger partial charge on any atom is 0.333 e. The Kier molecular flexibility index (Phi) is 15.6. The zero-order valence-electron chi connectivity index (χ0n) is 31.3. The van der Waals surface area contributed by atoms with Crippen LogP contribution in [0.1, 0.15) is 121 Å². The van der Waals surface area contributed by atoms with Gasteiger partial charge in [0.2, 0.25) is 0 Å². The van der Waals surface area contributed by atoms with Crippen molar-refractivity contribution in [2.24, 2.45) is 11.3 Å². The summed E-state index contributed by atoms with van der Waals surface area (Å²) in [7, 11) is 0. The van der Waals surface area contributed by atoms with Gasteiger partial charge in [-0.05, 0) is 128 Å². The van der Waals surface area contributed by atoms with Gasteiger partial charge in [-0.2, -0.15) is 0 Å². The summed E-state index contributed by atoms with van der Waals surface area (Å²) in [5, 5.41) is 19.8. The number of carbonyl (C=O) groups is 1. The number of aliphatic hydroxyl groups excluding tert-OH is 2. The first-order valence-electron chi connectivity index (χ1n) is 19.3. The molecule has 272 valence electrons. The number of rotatable bonds is 20. The van der Waals surface area contributed by atoms with Crippen molar-refractivity contribution in [3.8, 4) is 28.0 Å². The van der Waals surface area contributed by atoms with E-state index in [2.05, 4.69) is 75.0 Å². The van der Waals surface area contributed by atoms with Gasteiger partial charge in [-0.3, -0.25) is 0 Å². The molecule has 0 unspecified atom stereocenters. The molecule has 0 bridgehead atoms. The van der Waals surface area contributed by atoms with Gasteiger partial charge in [-0.1, -0.05) is 102 Å². The molecule has 2 N–H and O–H groups in total. The van der Waals surface area contributed by atoms with Gasteiger partial charge >= 0.3 is 5.97 Å². The quantitative estimate of drug-likeness (QED) is 0.0705. The highest BCUT2D eigenvalue weighted by Crippen LogP contribution is 2.39. The number of unbranched alkanes of at least 4 members (excludes halogenated alkanes) is 2. The van der Waals surface area contributed by atoms with E-state index < -0.39 is 5.41 Å². The topological polar surface area (TPSA) is 76.0 Å². The summed E-state index contributed by atoms with van der Waals surface area (Å²) in [6.07, 6.45) is 14.4. The lowest BCUT2D eigenvalue weighted by Crippen LogP contribution is -2.31. The Morgan fingerprint density at radius 1 is 0.820 bits per heavy atom. The number of benzene rings is 3. The molecule has 1 saturated carbocycles.